The lowest BCUT2D eigenvalue weighted by Crippen LogP contribution is -2.40. The van der Waals surface area contributed by atoms with Crippen LogP contribution in [0.4, 0.5) is 5.82 Å². The molecular weight excluding hydrogens is 261 g/mol. The fourth-order valence-electron chi connectivity index (χ4n) is 2.27. The molecule has 1 aliphatic heterocycles. The fraction of sp³-hybridized carbons (Fsp3) is 0.636. The summed E-state index contributed by atoms with van der Waals surface area (Å²) in [7, 11) is 0. The molecule has 0 unspecified atom stereocenters. The van der Waals surface area contributed by atoms with Gasteiger partial charge in [0, 0.05) is 19.2 Å². The van der Waals surface area contributed by atoms with Crippen molar-refractivity contribution < 1.29 is 5.11 Å². The Hall–Kier alpha value is -0.580. The topological polar surface area (TPSA) is 49.2 Å². The van der Waals surface area contributed by atoms with Crippen molar-refractivity contribution in [3.8, 4) is 0 Å². The SMILES string of the molecule is OCC[C@@H]1CCCCN1c1nc(Cl)ncc1Cl. The van der Waals surface area contributed by atoms with Crippen molar-refractivity contribution in [1.29, 1.82) is 0 Å². The van der Waals surface area contributed by atoms with Crippen molar-refractivity contribution >= 4 is 29.0 Å². The Bertz CT molecular complexity index is 387. The molecule has 6 heteroatoms. The highest BCUT2D eigenvalue weighted by atomic mass is 35.5. The lowest BCUT2D eigenvalue weighted by atomic mass is 10.00. The fourth-order valence-corrected chi connectivity index (χ4v) is 2.60. The van der Waals surface area contributed by atoms with E-state index in [1.807, 2.05) is 0 Å². The van der Waals surface area contributed by atoms with Gasteiger partial charge in [-0.1, -0.05) is 11.6 Å². The summed E-state index contributed by atoms with van der Waals surface area (Å²) in [5.41, 5.74) is 0. The minimum absolute atomic E-state index is 0.178. The molecule has 1 aromatic heterocycles. The third-order valence-electron chi connectivity index (χ3n) is 3.06. The number of hydrogen-bond acceptors (Lipinski definition) is 4. The average molecular weight is 276 g/mol. The molecule has 0 saturated carbocycles. The van der Waals surface area contributed by atoms with E-state index in [0.29, 0.717) is 10.8 Å². The first-order chi connectivity index (χ1) is 8.22. The first-order valence-corrected chi connectivity index (χ1v) is 6.53. The zero-order chi connectivity index (χ0) is 12.3. The number of aromatic nitrogens is 2. The van der Waals surface area contributed by atoms with Gasteiger partial charge in [-0.15, -0.1) is 0 Å². The van der Waals surface area contributed by atoms with E-state index in [4.69, 9.17) is 28.3 Å². The monoisotopic (exact) mass is 275 g/mol. The van der Waals surface area contributed by atoms with Crippen LogP contribution >= 0.6 is 23.2 Å². The van der Waals surface area contributed by atoms with Crippen LogP contribution in [0.2, 0.25) is 10.3 Å². The zero-order valence-electron chi connectivity index (χ0n) is 9.44. The van der Waals surface area contributed by atoms with Crippen LogP contribution in [0.5, 0.6) is 0 Å². The van der Waals surface area contributed by atoms with E-state index in [1.165, 1.54) is 12.6 Å². The van der Waals surface area contributed by atoms with Crippen molar-refractivity contribution in [3.05, 3.63) is 16.5 Å². The molecule has 1 aromatic rings. The van der Waals surface area contributed by atoms with Gasteiger partial charge in [0.25, 0.3) is 0 Å². The highest BCUT2D eigenvalue weighted by molar-refractivity contribution is 6.33. The summed E-state index contributed by atoms with van der Waals surface area (Å²) in [6.45, 7) is 1.08. The van der Waals surface area contributed by atoms with Gasteiger partial charge in [0.15, 0.2) is 5.82 Å². The van der Waals surface area contributed by atoms with Crippen LogP contribution in [0, 0.1) is 0 Å². The molecule has 0 spiro atoms. The number of anilines is 1. The molecule has 1 aliphatic rings. The van der Waals surface area contributed by atoms with Gasteiger partial charge in [0.05, 0.1) is 6.20 Å². The summed E-state index contributed by atoms with van der Waals surface area (Å²) < 4.78 is 0. The molecule has 1 N–H and O–H groups in total. The van der Waals surface area contributed by atoms with Crippen LogP contribution in [0.15, 0.2) is 6.20 Å². The van der Waals surface area contributed by atoms with Crippen molar-refractivity contribution in [1.82, 2.24) is 9.97 Å². The van der Waals surface area contributed by atoms with E-state index in [1.54, 1.807) is 0 Å². The molecule has 0 aliphatic carbocycles. The maximum absolute atomic E-state index is 9.09. The van der Waals surface area contributed by atoms with E-state index >= 15 is 0 Å². The minimum atomic E-state index is 0.178. The maximum atomic E-state index is 9.09. The predicted octanol–water partition coefficient (Wildman–Crippen LogP) is 2.52. The summed E-state index contributed by atoms with van der Waals surface area (Å²) in [5, 5.41) is 9.81. The van der Waals surface area contributed by atoms with Gasteiger partial charge in [-0.25, -0.2) is 4.98 Å². The van der Waals surface area contributed by atoms with Crippen molar-refractivity contribution in [2.75, 3.05) is 18.1 Å². The van der Waals surface area contributed by atoms with Crippen LogP contribution in [0.3, 0.4) is 0 Å². The summed E-state index contributed by atoms with van der Waals surface area (Å²) in [6, 6.07) is 0.289. The molecule has 94 valence electrons. The number of piperidine rings is 1. The highest BCUT2D eigenvalue weighted by Gasteiger charge is 2.25. The Morgan fingerprint density at radius 2 is 2.24 bits per heavy atom. The Morgan fingerprint density at radius 3 is 3.00 bits per heavy atom. The molecule has 0 bridgehead atoms. The Balaban J connectivity index is 2.25. The molecule has 0 amide bonds. The number of rotatable bonds is 3. The van der Waals surface area contributed by atoms with Crippen LogP contribution in [0.1, 0.15) is 25.7 Å². The molecule has 4 nitrogen and oxygen atoms in total. The summed E-state index contributed by atoms with van der Waals surface area (Å²) >= 11 is 11.9. The van der Waals surface area contributed by atoms with Crippen molar-refractivity contribution in [2.45, 2.75) is 31.7 Å². The quantitative estimate of drug-likeness (QED) is 0.862. The molecule has 0 aromatic carbocycles. The number of hydrogen-bond donors (Lipinski definition) is 1. The van der Waals surface area contributed by atoms with Gasteiger partial charge >= 0.3 is 0 Å². The van der Waals surface area contributed by atoms with Crippen LogP contribution < -0.4 is 4.90 Å². The molecule has 1 atom stereocenters. The summed E-state index contributed by atoms with van der Waals surface area (Å²) in [6.07, 6.45) is 5.60. The van der Waals surface area contributed by atoms with Gasteiger partial charge in [0.2, 0.25) is 5.28 Å². The molecule has 0 radical (unpaired) electrons. The van der Waals surface area contributed by atoms with Crippen molar-refractivity contribution in [2.24, 2.45) is 0 Å². The predicted molar refractivity (Wildman–Crippen MR) is 68.7 cm³/mol. The minimum Gasteiger partial charge on any atom is -0.396 e. The highest BCUT2D eigenvalue weighted by Crippen LogP contribution is 2.30. The molecule has 1 saturated heterocycles. The van der Waals surface area contributed by atoms with E-state index in [9.17, 15) is 0 Å². The standard InChI is InChI=1S/C11H15Cl2N3O/c12-9-7-14-11(13)15-10(9)16-5-2-1-3-8(16)4-6-17/h7-8,17H,1-6H2/t8-/m0/s1. The maximum Gasteiger partial charge on any atom is 0.224 e. The lowest BCUT2D eigenvalue weighted by Gasteiger charge is -2.36. The third-order valence-corrected chi connectivity index (χ3v) is 3.51. The van der Waals surface area contributed by atoms with Crippen molar-refractivity contribution in [3.63, 3.8) is 0 Å². The number of aliphatic hydroxyl groups is 1. The summed E-state index contributed by atoms with van der Waals surface area (Å²) in [5.74, 6) is 0.685. The van der Waals surface area contributed by atoms with E-state index in [2.05, 4.69) is 14.9 Å². The lowest BCUT2D eigenvalue weighted by molar-refractivity contribution is 0.262. The van der Waals surface area contributed by atoms with Crippen LogP contribution in [-0.4, -0.2) is 34.3 Å². The molecule has 2 heterocycles. The second kappa shape index (κ2) is 5.85. The Kier molecular flexibility index (Phi) is 4.42. The number of aliphatic hydroxyl groups excluding tert-OH is 1. The second-order valence-electron chi connectivity index (χ2n) is 4.17. The van der Waals surface area contributed by atoms with E-state index in [0.717, 1.165) is 25.8 Å². The first kappa shape index (κ1) is 12.9. The molecule has 17 heavy (non-hydrogen) atoms. The molecule has 2 rings (SSSR count). The Morgan fingerprint density at radius 1 is 1.41 bits per heavy atom. The van der Waals surface area contributed by atoms with E-state index in [-0.39, 0.29) is 17.9 Å². The smallest absolute Gasteiger partial charge is 0.224 e. The van der Waals surface area contributed by atoms with Gasteiger partial charge < -0.3 is 10.0 Å². The largest absolute Gasteiger partial charge is 0.396 e. The summed E-state index contributed by atoms with van der Waals surface area (Å²) in [4.78, 5) is 10.2. The van der Waals surface area contributed by atoms with Gasteiger partial charge in [-0.3, -0.25) is 0 Å². The van der Waals surface area contributed by atoms with Crippen LogP contribution in [-0.2, 0) is 0 Å². The first-order valence-electron chi connectivity index (χ1n) is 5.78. The van der Waals surface area contributed by atoms with Crippen LogP contribution in [0.25, 0.3) is 0 Å². The second-order valence-corrected chi connectivity index (χ2v) is 4.91. The zero-order valence-corrected chi connectivity index (χ0v) is 11.0. The average Bonchev–Trinajstić information content (AvgIpc) is 2.34. The molecular formula is C11H15Cl2N3O. The third kappa shape index (κ3) is 3.00. The van der Waals surface area contributed by atoms with Gasteiger partial charge in [-0.05, 0) is 37.3 Å². The molecule has 1 fully saturated rings. The number of halogens is 2. The van der Waals surface area contributed by atoms with Gasteiger partial charge in [-0.2, -0.15) is 4.98 Å². The Labute approximate surface area is 111 Å². The van der Waals surface area contributed by atoms with E-state index < -0.39 is 0 Å². The number of nitrogens with zero attached hydrogens (tertiary/aromatic N) is 3. The van der Waals surface area contributed by atoms with Gasteiger partial charge in [0.1, 0.15) is 5.02 Å². The normalized spacial score (nSPS) is 20.6.